The average Bonchev–Trinajstić information content (AvgIpc) is 2.26. The Morgan fingerprint density at radius 3 is 2.68 bits per heavy atom. The summed E-state index contributed by atoms with van der Waals surface area (Å²) in [6, 6.07) is 5.46. The Kier molecular flexibility index (Phi) is 4.02. The van der Waals surface area contributed by atoms with Crippen molar-refractivity contribution in [2.24, 2.45) is 5.73 Å². The summed E-state index contributed by atoms with van der Waals surface area (Å²) in [4.78, 5) is 14.0. The summed E-state index contributed by atoms with van der Waals surface area (Å²) in [6.45, 7) is 0. The zero-order chi connectivity index (χ0) is 14.0. The highest BCUT2D eigenvalue weighted by Gasteiger charge is 2.34. The molecule has 19 heavy (non-hydrogen) atoms. The Labute approximate surface area is 118 Å². The second kappa shape index (κ2) is 5.39. The van der Waals surface area contributed by atoms with Gasteiger partial charge in [0.25, 0.3) is 0 Å². The largest absolute Gasteiger partial charge is 0.376 e. The normalized spacial score (nSPS) is 16.6. The van der Waals surface area contributed by atoms with E-state index in [0.29, 0.717) is 11.4 Å². The molecule has 0 atom stereocenters. The lowest BCUT2D eigenvalue weighted by Gasteiger charge is -2.37. The fraction of sp³-hybridized carbons (Fsp3) is 0.500. The fourth-order valence-electron chi connectivity index (χ4n) is 2.32. The van der Waals surface area contributed by atoms with Crippen molar-refractivity contribution in [1.82, 2.24) is 0 Å². The third-order valence-electron chi connectivity index (χ3n) is 3.58. The molecule has 2 rings (SSSR count). The highest BCUT2D eigenvalue weighted by Crippen LogP contribution is 2.33. The third kappa shape index (κ3) is 3.39. The quantitative estimate of drug-likeness (QED) is 0.892. The van der Waals surface area contributed by atoms with E-state index in [9.17, 15) is 4.79 Å². The molecule has 1 aliphatic carbocycles. The number of anilines is 2. The molecule has 1 fully saturated rings. The topological polar surface area (TPSA) is 58.4 Å². The van der Waals surface area contributed by atoms with Crippen LogP contribution in [0, 0.1) is 0 Å². The lowest BCUT2D eigenvalue weighted by molar-refractivity contribution is -0.118. The molecular weight excluding hydrogens is 262 g/mol. The summed E-state index contributed by atoms with van der Waals surface area (Å²) in [5, 5.41) is 3.52. The Balaban J connectivity index is 2.09. The first-order valence-corrected chi connectivity index (χ1v) is 6.83. The summed E-state index contributed by atoms with van der Waals surface area (Å²) in [5.74, 6) is -0.0485. The highest BCUT2D eigenvalue weighted by atomic mass is 35.5. The van der Waals surface area contributed by atoms with Crippen LogP contribution in [0.5, 0.6) is 0 Å². The Morgan fingerprint density at radius 2 is 2.16 bits per heavy atom. The molecule has 1 aromatic rings. The van der Waals surface area contributed by atoms with Crippen LogP contribution < -0.4 is 16.0 Å². The smallest absolute Gasteiger partial charge is 0.226 e. The minimum absolute atomic E-state index is 0.0485. The first-order valence-electron chi connectivity index (χ1n) is 6.45. The van der Waals surface area contributed by atoms with Crippen molar-refractivity contribution in [3.63, 3.8) is 0 Å². The van der Waals surface area contributed by atoms with Crippen LogP contribution in [0.3, 0.4) is 0 Å². The molecule has 0 aliphatic heterocycles. The maximum Gasteiger partial charge on any atom is 0.226 e. The van der Waals surface area contributed by atoms with Crippen molar-refractivity contribution in [2.75, 3.05) is 24.3 Å². The van der Waals surface area contributed by atoms with Crippen molar-refractivity contribution < 1.29 is 4.79 Å². The van der Waals surface area contributed by atoms with E-state index in [2.05, 4.69) is 5.32 Å². The van der Waals surface area contributed by atoms with Crippen molar-refractivity contribution in [3.05, 3.63) is 23.2 Å². The molecule has 104 valence electrons. The van der Waals surface area contributed by atoms with E-state index >= 15 is 0 Å². The van der Waals surface area contributed by atoms with E-state index < -0.39 is 0 Å². The Hall–Kier alpha value is -1.26. The van der Waals surface area contributed by atoms with Crippen molar-refractivity contribution in [3.8, 4) is 0 Å². The lowest BCUT2D eigenvalue weighted by Crippen LogP contribution is -2.48. The number of rotatable bonds is 4. The number of carbonyl (C=O) groups is 1. The van der Waals surface area contributed by atoms with Crippen LogP contribution in [0.1, 0.15) is 25.7 Å². The van der Waals surface area contributed by atoms with Gasteiger partial charge in [0.1, 0.15) is 0 Å². The second-order valence-electron chi connectivity index (χ2n) is 5.50. The fourth-order valence-corrected chi connectivity index (χ4v) is 2.49. The van der Waals surface area contributed by atoms with E-state index in [4.69, 9.17) is 17.3 Å². The van der Waals surface area contributed by atoms with Crippen LogP contribution in [0.15, 0.2) is 18.2 Å². The lowest BCUT2D eigenvalue weighted by atomic mass is 9.75. The SMILES string of the molecule is CN(C)c1ccc(Cl)cc1NC(=O)CC1(N)CCC1. The molecule has 1 amide bonds. The number of benzene rings is 1. The zero-order valence-corrected chi connectivity index (χ0v) is 12.1. The number of nitrogens with zero attached hydrogens (tertiary/aromatic N) is 1. The van der Waals surface area contributed by atoms with Crippen LogP contribution in [-0.4, -0.2) is 25.5 Å². The van der Waals surface area contributed by atoms with Gasteiger partial charge in [0.2, 0.25) is 5.91 Å². The minimum atomic E-state index is -0.305. The van der Waals surface area contributed by atoms with Crippen LogP contribution >= 0.6 is 11.6 Å². The third-order valence-corrected chi connectivity index (χ3v) is 3.81. The summed E-state index contributed by atoms with van der Waals surface area (Å²) >= 11 is 5.98. The van der Waals surface area contributed by atoms with Gasteiger partial charge < -0.3 is 16.0 Å². The molecule has 5 heteroatoms. The van der Waals surface area contributed by atoms with Gasteiger partial charge in [-0.1, -0.05) is 11.6 Å². The van der Waals surface area contributed by atoms with Crippen LogP contribution in [0.4, 0.5) is 11.4 Å². The predicted octanol–water partition coefficient (Wildman–Crippen LogP) is 2.62. The minimum Gasteiger partial charge on any atom is -0.376 e. The molecule has 0 unspecified atom stereocenters. The van der Waals surface area contributed by atoms with Gasteiger partial charge in [0.05, 0.1) is 11.4 Å². The number of hydrogen-bond acceptors (Lipinski definition) is 3. The van der Waals surface area contributed by atoms with E-state index in [-0.39, 0.29) is 11.4 Å². The molecule has 0 radical (unpaired) electrons. The number of nitrogens with one attached hydrogen (secondary N) is 1. The standard InChI is InChI=1S/C14H20ClN3O/c1-18(2)12-5-4-10(15)8-11(12)17-13(19)9-14(16)6-3-7-14/h4-5,8H,3,6-7,9,16H2,1-2H3,(H,17,19). The van der Waals surface area contributed by atoms with Crippen LogP contribution in [-0.2, 0) is 4.79 Å². The molecule has 1 saturated carbocycles. The molecule has 1 aromatic carbocycles. The van der Waals surface area contributed by atoms with Gasteiger partial charge in [0.15, 0.2) is 0 Å². The molecule has 0 saturated heterocycles. The zero-order valence-electron chi connectivity index (χ0n) is 11.4. The monoisotopic (exact) mass is 281 g/mol. The van der Waals surface area contributed by atoms with Gasteiger partial charge in [-0.15, -0.1) is 0 Å². The number of amides is 1. The molecule has 0 heterocycles. The average molecular weight is 282 g/mol. The first kappa shape index (κ1) is 14.2. The molecule has 0 spiro atoms. The van der Waals surface area contributed by atoms with Crippen molar-refractivity contribution in [2.45, 2.75) is 31.2 Å². The molecule has 0 bridgehead atoms. The predicted molar refractivity (Wildman–Crippen MR) is 79.8 cm³/mol. The summed E-state index contributed by atoms with van der Waals surface area (Å²) in [5.41, 5.74) is 7.44. The van der Waals surface area contributed by atoms with Crippen molar-refractivity contribution in [1.29, 1.82) is 0 Å². The van der Waals surface area contributed by atoms with Crippen LogP contribution in [0.2, 0.25) is 5.02 Å². The van der Waals surface area contributed by atoms with Gasteiger partial charge in [-0.2, -0.15) is 0 Å². The summed E-state index contributed by atoms with van der Waals surface area (Å²) in [6.07, 6.45) is 3.34. The second-order valence-corrected chi connectivity index (χ2v) is 5.93. The first-order chi connectivity index (χ1) is 8.89. The van der Waals surface area contributed by atoms with Crippen LogP contribution in [0.25, 0.3) is 0 Å². The molecule has 0 aromatic heterocycles. The van der Waals surface area contributed by atoms with E-state index in [1.54, 1.807) is 6.07 Å². The van der Waals surface area contributed by atoms with E-state index in [0.717, 1.165) is 30.6 Å². The summed E-state index contributed by atoms with van der Waals surface area (Å²) in [7, 11) is 3.85. The number of nitrogens with two attached hydrogens (primary N) is 1. The number of carbonyl (C=O) groups excluding carboxylic acids is 1. The molecule has 4 nitrogen and oxygen atoms in total. The Morgan fingerprint density at radius 1 is 1.47 bits per heavy atom. The maximum absolute atomic E-state index is 12.1. The maximum atomic E-state index is 12.1. The van der Waals surface area contributed by atoms with Gasteiger partial charge in [-0.25, -0.2) is 0 Å². The molecular formula is C14H20ClN3O. The summed E-state index contributed by atoms with van der Waals surface area (Å²) < 4.78 is 0. The molecule has 1 aliphatic rings. The highest BCUT2D eigenvalue weighted by molar-refractivity contribution is 6.31. The van der Waals surface area contributed by atoms with E-state index in [1.165, 1.54) is 0 Å². The van der Waals surface area contributed by atoms with E-state index in [1.807, 2.05) is 31.1 Å². The van der Waals surface area contributed by atoms with Crippen molar-refractivity contribution >= 4 is 28.9 Å². The number of halogens is 1. The number of hydrogen-bond donors (Lipinski definition) is 2. The Bertz CT molecular complexity index is 484. The molecule has 3 N–H and O–H groups in total. The van der Waals surface area contributed by atoms with Gasteiger partial charge in [0, 0.05) is 31.1 Å². The van der Waals surface area contributed by atoms with Gasteiger partial charge >= 0.3 is 0 Å². The van der Waals surface area contributed by atoms with Gasteiger partial charge in [-0.3, -0.25) is 4.79 Å². The van der Waals surface area contributed by atoms with Gasteiger partial charge in [-0.05, 0) is 37.5 Å².